The summed E-state index contributed by atoms with van der Waals surface area (Å²) in [6.07, 6.45) is 4.44. The highest BCUT2D eigenvalue weighted by Gasteiger charge is 2.26. The number of aromatic nitrogens is 1. The average molecular weight is 291 g/mol. The molecule has 1 heterocycles. The van der Waals surface area contributed by atoms with Gasteiger partial charge in [0.05, 0.1) is 5.92 Å². The van der Waals surface area contributed by atoms with E-state index in [0.717, 1.165) is 24.1 Å². The summed E-state index contributed by atoms with van der Waals surface area (Å²) in [6, 6.07) is 3.69. The van der Waals surface area contributed by atoms with E-state index in [-0.39, 0.29) is 18.0 Å². The molecule has 1 aliphatic carbocycles. The summed E-state index contributed by atoms with van der Waals surface area (Å²) in [5.74, 6) is -0.991. The average Bonchev–Trinajstić information content (AvgIpc) is 2.47. The van der Waals surface area contributed by atoms with Crippen LogP contribution in [0, 0.1) is 12.8 Å². The molecule has 0 unspecified atom stereocenters. The number of carboxylic acid groups (broad SMARTS) is 1. The van der Waals surface area contributed by atoms with E-state index < -0.39 is 5.97 Å². The minimum absolute atomic E-state index is 0.0664. The Balaban J connectivity index is 1.70. The zero-order valence-corrected chi connectivity index (χ0v) is 12.1. The smallest absolute Gasteiger partial charge is 0.315 e. The second-order valence-corrected chi connectivity index (χ2v) is 5.52. The predicted molar refractivity (Wildman–Crippen MR) is 77.7 cm³/mol. The molecule has 0 saturated heterocycles. The number of amides is 2. The van der Waals surface area contributed by atoms with E-state index >= 15 is 0 Å². The number of aryl methyl sites for hydroxylation is 1. The first-order valence-corrected chi connectivity index (χ1v) is 7.23. The Morgan fingerprint density at radius 2 is 2.00 bits per heavy atom. The fourth-order valence-corrected chi connectivity index (χ4v) is 2.51. The maximum Gasteiger partial charge on any atom is 0.315 e. The van der Waals surface area contributed by atoms with E-state index in [1.165, 1.54) is 0 Å². The third-order valence-corrected chi connectivity index (χ3v) is 3.84. The highest BCUT2D eigenvalue weighted by atomic mass is 16.4. The Morgan fingerprint density at radius 3 is 2.57 bits per heavy atom. The van der Waals surface area contributed by atoms with Crippen LogP contribution >= 0.6 is 0 Å². The van der Waals surface area contributed by atoms with Crippen LogP contribution < -0.4 is 10.6 Å². The maximum absolute atomic E-state index is 11.8. The van der Waals surface area contributed by atoms with Gasteiger partial charge in [-0.2, -0.15) is 0 Å². The lowest BCUT2D eigenvalue weighted by Crippen LogP contribution is -2.43. The molecule has 0 radical (unpaired) electrons. The second-order valence-electron chi connectivity index (χ2n) is 5.52. The molecule has 1 aromatic rings. The molecule has 0 atom stereocenters. The Morgan fingerprint density at radius 1 is 1.29 bits per heavy atom. The topological polar surface area (TPSA) is 91.3 Å². The zero-order valence-electron chi connectivity index (χ0n) is 12.1. The van der Waals surface area contributed by atoms with Crippen LogP contribution in [0.5, 0.6) is 0 Å². The number of carbonyl (C=O) groups is 2. The number of carboxylic acids is 1. The molecule has 1 aromatic heterocycles. The highest BCUT2D eigenvalue weighted by molar-refractivity contribution is 5.74. The number of hydrogen-bond acceptors (Lipinski definition) is 3. The highest BCUT2D eigenvalue weighted by Crippen LogP contribution is 2.24. The molecule has 0 aromatic carbocycles. The van der Waals surface area contributed by atoms with Gasteiger partial charge in [0.2, 0.25) is 0 Å². The van der Waals surface area contributed by atoms with Gasteiger partial charge in [0.25, 0.3) is 0 Å². The molecule has 114 valence electrons. The SMILES string of the molecule is Cc1ccc(CNC(=O)NC2CCC(C(=O)O)CC2)cn1. The predicted octanol–water partition coefficient (Wildman–Crippen LogP) is 1.83. The van der Waals surface area contributed by atoms with Crippen LogP contribution in [0.25, 0.3) is 0 Å². The van der Waals surface area contributed by atoms with Crippen molar-refractivity contribution >= 4 is 12.0 Å². The van der Waals surface area contributed by atoms with Crippen LogP contribution in [0.1, 0.15) is 36.9 Å². The van der Waals surface area contributed by atoms with E-state index in [9.17, 15) is 9.59 Å². The van der Waals surface area contributed by atoms with Gasteiger partial charge in [-0.25, -0.2) is 4.79 Å². The molecular formula is C15H21N3O3. The van der Waals surface area contributed by atoms with Crippen molar-refractivity contribution < 1.29 is 14.7 Å². The lowest BCUT2D eigenvalue weighted by molar-refractivity contribution is -0.142. The van der Waals surface area contributed by atoms with Crippen LogP contribution in [0.4, 0.5) is 4.79 Å². The van der Waals surface area contributed by atoms with Gasteiger partial charge in [-0.15, -0.1) is 0 Å². The molecule has 1 fully saturated rings. The number of carbonyl (C=O) groups excluding carboxylic acids is 1. The molecule has 0 spiro atoms. The summed E-state index contributed by atoms with van der Waals surface area (Å²) in [4.78, 5) is 26.8. The summed E-state index contributed by atoms with van der Waals surface area (Å²) in [6.45, 7) is 2.35. The Hall–Kier alpha value is -2.11. The number of hydrogen-bond donors (Lipinski definition) is 3. The second kappa shape index (κ2) is 7.06. The van der Waals surface area contributed by atoms with Crippen molar-refractivity contribution in [3.8, 4) is 0 Å². The monoisotopic (exact) mass is 291 g/mol. The number of pyridine rings is 1. The maximum atomic E-state index is 11.8. The Bertz CT molecular complexity index is 493. The summed E-state index contributed by atoms with van der Waals surface area (Å²) in [5.41, 5.74) is 1.89. The Labute approximate surface area is 124 Å². The lowest BCUT2D eigenvalue weighted by Gasteiger charge is -2.26. The van der Waals surface area contributed by atoms with Gasteiger partial charge in [-0.05, 0) is 44.2 Å². The van der Waals surface area contributed by atoms with Gasteiger partial charge in [0, 0.05) is 24.5 Å². The number of nitrogens with one attached hydrogen (secondary N) is 2. The van der Waals surface area contributed by atoms with Gasteiger partial charge in [-0.3, -0.25) is 9.78 Å². The molecule has 21 heavy (non-hydrogen) atoms. The number of aliphatic carboxylic acids is 1. The van der Waals surface area contributed by atoms with E-state index in [0.29, 0.717) is 19.4 Å². The first-order valence-electron chi connectivity index (χ1n) is 7.23. The molecule has 1 saturated carbocycles. The quantitative estimate of drug-likeness (QED) is 0.789. The van der Waals surface area contributed by atoms with Crippen LogP contribution in [0.2, 0.25) is 0 Å². The van der Waals surface area contributed by atoms with Crippen LogP contribution in [-0.4, -0.2) is 28.1 Å². The molecular weight excluding hydrogens is 270 g/mol. The first kappa shape index (κ1) is 15.3. The van der Waals surface area contributed by atoms with Crippen molar-refractivity contribution in [3.05, 3.63) is 29.6 Å². The van der Waals surface area contributed by atoms with Crippen molar-refractivity contribution in [2.45, 2.75) is 45.2 Å². The molecule has 0 aliphatic heterocycles. The molecule has 6 nitrogen and oxygen atoms in total. The fraction of sp³-hybridized carbons (Fsp3) is 0.533. The third-order valence-electron chi connectivity index (χ3n) is 3.84. The van der Waals surface area contributed by atoms with Crippen molar-refractivity contribution in [2.24, 2.45) is 5.92 Å². The number of urea groups is 1. The minimum atomic E-state index is -0.732. The molecule has 1 aliphatic rings. The largest absolute Gasteiger partial charge is 0.481 e. The van der Waals surface area contributed by atoms with Crippen molar-refractivity contribution in [2.75, 3.05) is 0 Å². The van der Waals surface area contributed by atoms with Gasteiger partial charge < -0.3 is 15.7 Å². The van der Waals surface area contributed by atoms with Crippen molar-refractivity contribution in [3.63, 3.8) is 0 Å². The number of rotatable bonds is 4. The van der Waals surface area contributed by atoms with E-state index in [1.807, 2.05) is 19.1 Å². The summed E-state index contributed by atoms with van der Waals surface area (Å²) in [7, 11) is 0. The summed E-state index contributed by atoms with van der Waals surface area (Å²) in [5, 5.41) is 14.6. The fourth-order valence-electron chi connectivity index (χ4n) is 2.51. The summed E-state index contributed by atoms with van der Waals surface area (Å²) >= 11 is 0. The van der Waals surface area contributed by atoms with Gasteiger partial charge in [0.15, 0.2) is 0 Å². The minimum Gasteiger partial charge on any atom is -0.481 e. The van der Waals surface area contributed by atoms with Crippen LogP contribution in [0.3, 0.4) is 0 Å². The normalized spacial score (nSPS) is 21.6. The molecule has 2 amide bonds. The molecule has 3 N–H and O–H groups in total. The lowest BCUT2D eigenvalue weighted by atomic mass is 9.86. The third kappa shape index (κ3) is 4.73. The molecule has 0 bridgehead atoms. The van der Waals surface area contributed by atoms with Gasteiger partial charge >= 0.3 is 12.0 Å². The summed E-state index contributed by atoms with van der Waals surface area (Å²) < 4.78 is 0. The first-order chi connectivity index (χ1) is 10.0. The molecule has 2 rings (SSSR count). The standard InChI is InChI=1S/C15H21N3O3/c1-10-2-3-11(8-16-10)9-17-15(21)18-13-6-4-12(5-7-13)14(19)20/h2-3,8,12-13H,4-7,9H2,1H3,(H,19,20)(H2,17,18,21). The van der Waals surface area contributed by atoms with Crippen LogP contribution in [-0.2, 0) is 11.3 Å². The van der Waals surface area contributed by atoms with E-state index in [4.69, 9.17) is 5.11 Å². The van der Waals surface area contributed by atoms with Crippen molar-refractivity contribution in [1.82, 2.24) is 15.6 Å². The molecule has 6 heteroatoms. The Kier molecular flexibility index (Phi) is 5.14. The van der Waals surface area contributed by atoms with Crippen molar-refractivity contribution in [1.29, 1.82) is 0 Å². The zero-order chi connectivity index (χ0) is 15.2. The van der Waals surface area contributed by atoms with Gasteiger partial charge in [-0.1, -0.05) is 6.07 Å². The van der Waals surface area contributed by atoms with E-state index in [2.05, 4.69) is 15.6 Å². The van der Waals surface area contributed by atoms with E-state index in [1.54, 1.807) is 6.20 Å². The number of nitrogens with zero attached hydrogens (tertiary/aromatic N) is 1. The van der Waals surface area contributed by atoms with Crippen LogP contribution in [0.15, 0.2) is 18.3 Å². The van der Waals surface area contributed by atoms with Gasteiger partial charge in [0.1, 0.15) is 0 Å².